The van der Waals surface area contributed by atoms with Gasteiger partial charge in [-0.2, -0.15) is 0 Å². The topological polar surface area (TPSA) is 42.1 Å². The molecule has 1 unspecified atom stereocenters. The largest absolute Gasteiger partial charge is 0.375 e. The summed E-state index contributed by atoms with van der Waals surface area (Å²) in [5.74, 6) is -0.201. The molecule has 1 aliphatic rings. The predicted molar refractivity (Wildman–Crippen MR) is 72.2 cm³/mol. The standard InChI is InChI=1S/C13H14FN3S/c14-9-3-5-10(6-4-9)17-7-1-2-12(17)11-8-18-13(15)16-11/h3-6,8,12H,1-2,7H2,(H2,15,16). The lowest BCUT2D eigenvalue weighted by Crippen LogP contribution is -2.22. The molecule has 0 bridgehead atoms. The fourth-order valence-corrected chi connectivity index (χ4v) is 3.08. The number of anilines is 2. The number of aromatic nitrogens is 1. The van der Waals surface area contributed by atoms with Crippen molar-refractivity contribution >= 4 is 22.2 Å². The van der Waals surface area contributed by atoms with E-state index < -0.39 is 0 Å². The van der Waals surface area contributed by atoms with Crippen LogP contribution in [0.3, 0.4) is 0 Å². The smallest absolute Gasteiger partial charge is 0.180 e. The van der Waals surface area contributed by atoms with Gasteiger partial charge in [0.25, 0.3) is 0 Å². The molecule has 0 radical (unpaired) electrons. The highest BCUT2D eigenvalue weighted by Crippen LogP contribution is 2.36. The zero-order valence-corrected chi connectivity index (χ0v) is 10.7. The van der Waals surface area contributed by atoms with E-state index in [0.717, 1.165) is 30.8 Å². The number of halogens is 1. The highest BCUT2D eigenvalue weighted by Gasteiger charge is 2.27. The van der Waals surface area contributed by atoms with Gasteiger partial charge in [0.1, 0.15) is 5.82 Å². The van der Waals surface area contributed by atoms with Gasteiger partial charge in [0, 0.05) is 17.6 Å². The molecule has 18 heavy (non-hydrogen) atoms. The lowest BCUT2D eigenvalue weighted by molar-refractivity contribution is 0.626. The van der Waals surface area contributed by atoms with E-state index >= 15 is 0 Å². The molecule has 0 saturated carbocycles. The summed E-state index contributed by atoms with van der Waals surface area (Å²) < 4.78 is 13.0. The number of nitrogen functional groups attached to an aromatic ring is 1. The minimum Gasteiger partial charge on any atom is -0.375 e. The van der Waals surface area contributed by atoms with E-state index in [1.165, 1.54) is 23.5 Å². The molecule has 1 aromatic heterocycles. The van der Waals surface area contributed by atoms with Gasteiger partial charge in [-0.3, -0.25) is 0 Å². The first-order chi connectivity index (χ1) is 8.74. The molecule has 2 aromatic rings. The maximum atomic E-state index is 13.0. The number of thiazole rings is 1. The van der Waals surface area contributed by atoms with Crippen LogP contribution in [0, 0.1) is 5.82 Å². The van der Waals surface area contributed by atoms with E-state index in [0.29, 0.717) is 5.13 Å². The Bertz CT molecular complexity index is 537. The molecule has 0 spiro atoms. The Kier molecular flexibility index (Phi) is 2.91. The summed E-state index contributed by atoms with van der Waals surface area (Å²) >= 11 is 1.47. The second kappa shape index (κ2) is 4.57. The first-order valence-electron chi connectivity index (χ1n) is 5.97. The molecule has 3 nitrogen and oxygen atoms in total. The van der Waals surface area contributed by atoms with Crippen LogP contribution in [-0.4, -0.2) is 11.5 Å². The van der Waals surface area contributed by atoms with E-state index in [1.807, 2.05) is 17.5 Å². The van der Waals surface area contributed by atoms with Crippen molar-refractivity contribution in [2.24, 2.45) is 0 Å². The van der Waals surface area contributed by atoms with Crippen LogP contribution in [-0.2, 0) is 0 Å². The molecule has 1 atom stereocenters. The zero-order valence-electron chi connectivity index (χ0n) is 9.84. The second-order valence-electron chi connectivity index (χ2n) is 4.44. The monoisotopic (exact) mass is 263 g/mol. The van der Waals surface area contributed by atoms with Gasteiger partial charge in [0.05, 0.1) is 11.7 Å². The van der Waals surface area contributed by atoms with Crippen LogP contribution in [0.25, 0.3) is 0 Å². The highest BCUT2D eigenvalue weighted by molar-refractivity contribution is 7.13. The van der Waals surface area contributed by atoms with Crippen LogP contribution in [0.15, 0.2) is 29.6 Å². The third-order valence-corrected chi connectivity index (χ3v) is 3.98. The van der Waals surface area contributed by atoms with Crippen molar-refractivity contribution in [1.82, 2.24) is 4.98 Å². The molecule has 5 heteroatoms. The molecule has 2 heterocycles. The second-order valence-corrected chi connectivity index (χ2v) is 5.33. The molecule has 3 rings (SSSR count). The van der Waals surface area contributed by atoms with Crippen LogP contribution in [0.1, 0.15) is 24.6 Å². The Morgan fingerprint density at radius 3 is 2.78 bits per heavy atom. The number of rotatable bonds is 2. The van der Waals surface area contributed by atoms with Crippen LogP contribution < -0.4 is 10.6 Å². The number of hydrogen-bond acceptors (Lipinski definition) is 4. The van der Waals surface area contributed by atoms with E-state index in [1.54, 1.807) is 0 Å². The SMILES string of the molecule is Nc1nc(C2CCCN2c2ccc(F)cc2)cs1. The third kappa shape index (κ3) is 2.06. The van der Waals surface area contributed by atoms with Gasteiger partial charge in [0.2, 0.25) is 0 Å². The zero-order chi connectivity index (χ0) is 12.5. The Hall–Kier alpha value is -1.62. The summed E-state index contributed by atoms with van der Waals surface area (Å²) in [6.45, 7) is 0.980. The Morgan fingerprint density at radius 2 is 2.11 bits per heavy atom. The Labute approximate surface area is 109 Å². The molecule has 1 fully saturated rings. The normalized spacial score (nSPS) is 19.4. The molecule has 94 valence electrons. The van der Waals surface area contributed by atoms with Crippen LogP contribution in [0.4, 0.5) is 15.2 Å². The number of benzene rings is 1. The summed E-state index contributed by atoms with van der Waals surface area (Å²) in [4.78, 5) is 6.64. The number of nitrogens with two attached hydrogens (primary N) is 1. The molecular weight excluding hydrogens is 249 g/mol. The fraction of sp³-hybridized carbons (Fsp3) is 0.308. The summed E-state index contributed by atoms with van der Waals surface area (Å²) in [5, 5.41) is 2.62. The van der Waals surface area contributed by atoms with E-state index in [4.69, 9.17) is 5.73 Å². The van der Waals surface area contributed by atoms with Crippen LogP contribution in [0.2, 0.25) is 0 Å². The number of hydrogen-bond donors (Lipinski definition) is 1. The lowest BCUT2D eigenvalue weighted by atomic mass is 10.1. The molecule has 2 N–H and O–H groups in total. The van der Waals surface area contributed by atoms with E-state index in [9.17, 15) is 4.39 Å². The third-order valence-electron chi connectivity index (χ3n) is 3.29. The summed E-state index contributed by atoms with van der Waals surface area (Å²) in [6, 6.07) is 6.91. The molecular formula is C13H14FN3S. The summed E-state index contributed by atoms with van der Waals surface area (Å²) in [7, 11) is 0. The molecule has 0 amide bonds. The van der Waals surface area contributed by atoms with Crippen molar-refractivity contribution in [2.45, 2.75) is 18.9 Å². The Balaban J connectivity index is 1.89. The highest BCUT2D eigenvalue weighted by atomic mass is 32.1. The van der Waals surface area contributed by atoms with Gasteiger partial charge < -0.3 is 10.6 Å². The van der Waals surface area contributed by atoms with Gasteiger partial charge >= 0.3 is 0 Å². The van der Waals surface area contributed by atoms with Crippen molar-refractivity contribution in [1.29, 1.82) is 0 Å². The van der Waals surface area contributed by atoms with Crippen LogP contribution >= 0.6 is 11.3 Å². The summed E-state index contributed by atoms with van der Waals surface area (Å²) in [6.07, 6.45) is 2.19. The van der Waals surface area contributed by atoms with Crippen molar-refractivity contribution in [3.8, 4) is 0 Å². The first kappa shape index (κ1) is 11.5. The number of nitrogens with zero attached hydrogens (tertiary/aromatic N) is 2. The fourth-order valence-electron chi connectivity index (χ4n) is 2.47. The van der Waals surface area contributed by atoms with Crippen molar-refractivity contribution < 1.29 is 4.39 Å². The van der Waals surface area contributed by atoms with Gasteiger partial charge in [-0.1, -0.05) is 0 Å². The first-order valence-corrected chi connectivity index (χ1v) is 6.85. The van der Waals surface area contributed by atoms with Crippen molar-refractivity contribution in [3.05, 3.63) is 41.2 Å². The predicted octanol–water partition coefficient (Wildman–Crippen LogP) is 3.21. The van der Waals surface area contributed by atoms with Gasteiger partial charge in [-0.15, -0.1) is 11.3 Å². The van der Waals surface area contributed by atoms with Crippen molar-refractivity contribution in [2.75, 3.05) is 17.2 Å². The van der Waals surface area contributed by atoms with Crippen LogP contribution in [0.5, 0.6) is 0 Å². The molecule has 1 aromatic carbocycles. The molecule has 1 saturated heterocycles. The van der Waals surface area contributed by atoms with Gasteiger partial charge in [-0.05, 0) is 37.1 Å². The maximum Gasteiger partial charge on any atom is 0.180 e. The lowest BCUT2D eigenvalue weighted by Gasteiger charge is -2.25. The van der Waals surface area contributed by atoms with Crippen molar-refractivity contribution in [3.63, 3.8) is 0 Å². The van der Waals surface area contributed by atoms with Gasteiger partial charge in [0.15, 0.2) is 5.13 Å². The minimum atomic E-state index is -0.201. The summed E-state index contributed by atoms with van der Waals surface area (Å²) in [5.41, 5.74) is 7.76. The Morgan fingerprint density at radius 1 is 1.33 bits per heavy atom. The maximum absolute atomic E-state index is 13.0. The van der Waals surface area contributed by atoms with Gasteiger partial charge in [-0.25, -0.2) is 9.37 Å². The molecule has 0 aliphatic carbocycles. The minimum absolute atomic E-state index is 0.201. The quantitative estimate of drug-likeness (QED) is 0.904. The average Bonchev–Trinajstić information content (AvgIpc) is 2.98. The average molecular weight is 263 g/mol. The molecule has 1 aliphatic heterocycles. The van der Waals surface area contributed by atoms with E-state index in [2.05, 4.69) is 9.88 Å². The van der Waals surface area contributed by atoms with E-state index in [-0.39, 0.29) is 11.9 Å².